The molecular weight excluding hydrogens is 282 g/mol. The van der Waals surface area contributed by atoms with Crippen molar-refractivity contribution in [2.45, 2.75) is 10.1 Å². The molecule has 0 saturated carbocycles. The maximum atomic E-state index is 5.76. The number of oxazole rings is 1. The van der Waals surface area contributed by atoms with Gasteiger partial charge in [-0.3, -0.25) is 4.98 Å². The van der Waals surface area contributed by atoms with E-state index in [2.05, 4.69) is 9.97 Å². The topological polar surface area (TPSA) is 64.9 Å². The zero-order valence-corrected chi connectivity index (χ0v) is 11.8. The average molecular weight is 293 g/mol. The van der Waals surface area contributed by atoms with Gasteiger partial charge in [-0.05, 0) is 36.0 Å². The summed E-state index contributed by atoms with van der Waals surface area (Å²) in [6.07, 6.45) is 1.80. The lowest BCUT2D eigenvalue weighted by atomic mass is 10.2. The van der Waals surface area contributed by atoms with Crippen LogP contribution < -0.4 is 5.73 Å². The van der Waals surface area contributed by atoms with Gasteiger partial charge in [0.15, 0.2) is 5.58 Å². The predicted molar refractivity (Wildman–Crippen MR) is 84.3 cm³/mol. The van der Waals surface area contributed by atoms with Gasteiger partial charge in [-0.2, -0.15) is 0 Å². The molecule has 5 heteroatoms. The lowest BCUT2D eigenvalue weighted by Crippen LogP contribution is -1.81. The quantitative estimate of drug-likeness (QED) is 0.563. The molecule has 21 heavy (non-hydrogen) atoms. The summed E-state index contributed by atoms with van der Waals surface area (Å²) in [6, 6.07) is 15.5. The minimum atomic E-state index is 0.604. The van der Waals surface area contributed by atoms with Crippen molar-refractivity contribution in [1.29, 1.82) is 0 Å². The van der Waals surface area contributed by atoms with E-state index in [0.717, 1.165) is 21.3 Å². The molecule has 0 spiro atoms. The van der Waals surface area contributed by atoms with E-state index in [4.69, 9.17) is 10.2 Å². The highest BCUT2D eigenvalue weighted by Crippen LogP contribution is 2.34. The Hall–Kier alpha value is -2.53. The molecule has 2 N–H and O–H groups in total. The van der Waals surface area contributed by atoms with Crippen molar-refractivity contribution in [2.24, 2.45) is 0 Å². The number of nitrogens with zero attached hydrogens (tertiary/aromatic N) is 2. The van der Waals surface area contributed by atoms with Gasteiger partial charge in [0.1, 0.15) is 5.52 Å². The molecule has 0 radical (unpaired) electrons. The number of pyridine rings is 1. The molecule has 2 aromatic carbocycles. The van der Waals surface area contributed by atoms with Gasteiger partial charge < -0.3 is 10.2 Å². The van der Waals surface area contributed by atoms with Gasteiger partial charge in [0.2, 0.25) is 0 Å². The highest BCUT2D eigenvalue weighted by Gasteiger charge is 2.10. The Kier molecular flexibility index (Phi) is 2.79. The van der Waals surface area contributed by atoms with Crippen LogP contribution in [0.3, 0.4) is 0 Å². The second kappa shape index (κ2) is 4.79. The van der Waals surface area contributed by atoms with E-state index in [-0.39, 0.29) is 0 Å². The molecule has 4 rings (SSSR count). The molecule has 4 aromatic rings. The molecule has 4 nitrogen and oxygen atoms in total. The second-order valence-electron chi connectivity index (χ2n) is 4.64. The normalized spacial score (nSPS) is 11.2. The number of rotatable bonds is 2. The highest BCUT2D eigenvalue weighted by molar-refractivity contribution is 7.99. The largest absolute Gasteiger partial charge is 0.431 e. The monoisotopic (exact) mass is 293 g/mol. The summed E-state index contributed by atoms with van der Waals surface area (Å²) in [7, 11) is 0. The first kappa shape index (κ1) is 12.2. The summed E-state index contributed by atoms with van der Waals surface area (Å²) < 4.78 is 5.75. The predicted octanol–water partition coefficient (Wildman–Crippen LogP) is 4.11. The first-order valence-electron chi connectivity index (χ1n) is 6.47. The first-order valence-corrected chi connectivity index (χ1v) is 7.29. The second-order valence-corrected chi connectivity index (χ2v) is 5.63. The lowest BCUT2D eigenvalue weighted by Gasteiger charge is -2.02. The summed E-state index contributed by atoms with van der Waals surface area (Å²) in [5.41, 5.74) is 8.90. The zero-order chi connectivity index (χ0) is 14.2. The van der Waals surface area contributed by atoms with Crippen LogP contribution in [0.5, 0.6) is 0 Å². The van der Waals surface area contributed by atoms with Crippen LogP contribution in [0.2, 0.25) is 0 Å². The fraction of sp³-hybridized carbons (Fsp3) is 0. The van der Waals surface area contributed by atoms with Crippen molar-refractivity contribution in [2.75, 3.05) is 5.73 Å². The molecule has 0 fully saturated rings. The maximum Gasteiger partial charge on any atom is 0.261 e. The van der Waals surface area contributed by atoms with Gasteiger partial charge in [-0.15, -0.1) is 0 Å². The summed E-state index contributed by atoms with van der Waals surface area (Å²) in [4.78, 5) is 9.90. The van der Waals surface area contributed by atoms with Gasteiger partial charge in [0, 0.05) is 28.2 Å². The van der Waals surface area contributed by atoms with Crippen molar-refractivity contribution in [3.63, 3.8) is 0 Å². The zero-order valence-electron chi connectivity index (χ0n) is 11.0. The number of fused-ring (bicyclic) bond motifs is 2. The molecule has 102 valence electrons. The van der Waals surface area contributed by atoms with Crippen molar-refractivity contribution < 1.29 is 4.42 Å². The van der Waals surface area contributed by atoms with E-state index >= 15 is 0 Å². The standard InChI is InChI=1S/C16H11N3OS/c17-10-5-6-13-14(9-10)20-16(19-13)21-15-7-8-18-12-4-2-1-3-11(12)15/h1-9H,17H2. The Morgan fingerprint density at radius 3 is 2.86 bits per heavy atom. The SMILES string of the molecule is Nc1ccc2nc(Sc3ccnc4ccccc34)oc2c1. The van der Waals surface area contributed by atoms with Crippen LogP contribution in [0.15, 0.2) is 69.3 Å². The van der Waals surface area contributed by atoms with E-state index in [0.29, 0.717) is 16.5 Å². The van der Waals surface area contributed by atoms with Gasteiger partial charge in [0.05, 0.1) is 5.52 Å². The van der Waals surface area contributed by atoms with Crippen LogP contribution in [-0.4, -0.2) is 9.97 Å². The van der Waals surface area contributed by atoms with E-state index in [1.807, 2.05) is 42.5 Å². The molecule has 0 saturated heterocycles. The number of hydrogen-bond donors (Lipinski definition) is 1. The highest BCUT2D eigenvalue weighted by atomic mass is 32.2. The number of anilines is 1. The van der Waals surface area contributed by atoms with Crippen LogP contribution in [0.4, 0.5) is 5.69 Å². The van der Waals surface area contributed by atoms with Gasteiger partial charge in [-0.25, -0.2) is 4.98 Å². The Bertz CT molecular complexity index is 943. The molecule has 2 heterocycles. The maximum absolute atomic E-state index is 5.76. The number of nitrogen functional groups attached to an aromatic ring is 1. The smallest absolute Gasteiger partial charge is 0.261 e. The number of benzene rings is 2. The summed E-state index contributed by atoms with van der Waals surface area (Å²) in [5.74, 6) is 0. The third-order valence-corrected chi connectivity index (χ3v) is 4.12. The summed E-state index contributed by atoms with van der Waals surface area (Å²) in [6.45, 7) is 0. The molecule has 0 atom stereocenters. The molecule has 0 aliphatic carbocycles. The minimum Gasteiger partial charge on any atom is -0.431 e. The van der Waals surface area contributed by atoms with Gasteiger partial charge >= 0.3 is 0 Å². The first-order chi connectivity index (χ1) is 10.3. The van der Waals surface area contributed by atoms with Gasteiger partial charge in [-0.1, -0.05) is 18.2 Å². The third-order valence-electron chi connectivity index (χ3n) is 3.20. The minimum absolute atomic E-state index is 0.604. The van der Waals surface area contributed by atoms with Crippen molar-refractivity contribution >= 4 is 39.5 Å². The molecule has 0 aliphatic heterocycles. The lowest BCUT2D eigenvalue weighted by molar-refractivity contribution is 0.489. The van der Waals surface area contributed by atoms with Crippen LogP contribution in [0, 0.1) is 0 Å². The van der Waals surface area contributed by atoms with Gasteiger partial charge in [0.25, 0.3) is 5.22 Å². The van der Waals surface area contributed by atoms with E-state index in [9.17, 15) is 0 Å². The van der Waals surface area contributed by atoms with Crippen LogP contribution in [0.25, 0.3) is 22.0 Å². The van der Waals surface area contributed by atoms with Crippen molar-refractivity contribution in [3.8, 4) is 0 Å². The number of aromatic nitrogens is 2. The Morgan fingerprint density at radius 1 is 1.00 bits per heavy atom. The van der Waals surface area contributed by atoms with E-state index in [1.165, 1.54) is 11.8 Å². The molecule has 0 aliphatic rings. The van der Waals surface area contributed by atoms with Crippen LogP contribution in [0.1, 0.15) is 0 Å². The molecular formula is C16H11N3OS. The molecule has 0 bridgehead atoms. The van der Waals surface area contributed by atoms with E-state index < -0.39 is 0 Å². The molecule has 0 unspecified atom stereocenters. The third kappa shape index (κ3) is 2.21. The number of hydrogen-bond acceptors (Lipinski definition) is 5. The van der Waals surface area contributed by atoms with Crippen molar-refractivity contribution in [1.82, 2.24) is 9.97 Å². The summed E-state index contributed by atoms with van der Waals surface area (Å²) in [5, 5.41) is 1.69. The van der Waals surface area contributed by atoms with Crippen molar-refractivity contribution in [3.05, 3.63) is 54.7 Å². The Labute approximate surface area is 125 Å². The number of nitrogens with two attached hydrogens (primary N) is 1. The molecule has 0 amide bonds. The fourth-order valence-electron chi connectivity index (χ4n) is 2.22. The Morgan fingerprint density at radius 2 is 1.90 bits per heavy atom. The molecule has 2 aromatic heterocycles. The van der Waals surface area contributed by atoms with Crippen LogP contribution in [-0.2, 0) is 0 Å². The fourth-order valence-corrected chi connectivity index (χ4v) is 3.09. The Balaban J connectivity index is 1.79. The van der Waals surface area contributed by atoms with Crippen LogP contribution >= 0.6 is 11.8 Å². The average Bonchev–Trinajstić information content (AvgIpc) is 2.89. The summed E-state index contributed by atoms with van der Waals surface area (Å²) >= 11 is 1.49. The van der Waals surface area contributed by atoms with E-state index in [1.54, 1.807) is 12.3 Å². The number of para-hydroxylation sites is 1.